The second-order valence-electron chi connectivity index (χ2n) is 3.80. The molecule has 0 aromatic carbocycles. The van der Waals surface area contributed by atoms with Crippen molar-refractivity contribution in [3.63, 3.8) is 0 Å². The van der Waals surface area contributed by atoms with Crippen molar-refractivity contribution < 1.29 is 9.59 Å². The molecular weight excluding hydrogens is 272 g/mol. The summed E-state index contributed by atoms with van der Waals surface area (Å²) < 4.78 is 0. The monoisotopic (exact) mass is 294 g/mol. The Balaban J connectivity index is 3.27. The summed E-state index contributed by atoms with van der Waals surface area (Å²) in [5.74, 6) is 1.35. The van der Waals surface area contributed by atoms with E-state index in [9.17, 15) is 9.59 Å². The molecule has 2 amide bonds. The lowest BCUT2D eigenvalue weighted by Gasteiger charge is -2.08. The van der Waals surface area contributed by atoms with E-state index >= 15 is 0 Å². The van der Waals surface area contributed by atoms with Gasteiger partial charge in [0.2, 0.25) is 11.8 Å². The van der Waals surface area contributed by atoms with E-state index in [0.717, 1.165) is 11.5 Å². The van der Waals surface area contributed by atoms with E-state index in [0.29, 0.717) is 13.1 Å². The van der Waals surface area contributed by atoms with E-state index in [1.807, 2.05) is 0 Å². The summed E-state index contributed by atoms with van der Waals surface area (Å²) in [4.78, 5) is 22.2. The Morgan fingerprint density at radius 3 is 1.56 bits per heavy atom. The first-order valence-electron chi connectivity index (χ1n) is 5.76. The summed E-state index contributed by atoms with van der Waals surface area (Å²) in [6.45, 7) is 4.51. The minimum atomic E-state index is -0.462. The second-order valence-corrected chi connectivity index (χ2v) is 6.51. The van der Waals surface area contributed by atoms with Crippen molar-refractivity contribution in [2.75, 3.05) is 24.6 Å². The van der Waals surface area contributed by atoms with E-state index in [1.54, 1.807) is 35.4 Å². The van der Waals surface area contributed by atoms with Crippen LogP contribution in [0.25, 0.3) is 0 Å². The van der Waals surface area contributed by atoms with Crippen molar-refractivity contribution in [1.82, 2.24) is 10.6 Å². The summed E-state index contributed by atoms with van der Waals surface area (Å²) in [7, 11) is 3.29. The molecule has 0 aliphatic heterocycles. The average Bonchev–Trinajstić information content (AvgIpc) is 2.31. The van der Waals surface area contributed by atoms with Gasteiger partial charge in [0.1, 0.15) is 0 Å². The molecule has 0 radical (unpaired) electrons. The summed E-state index contributed by atoms with van der Waals surface area (Å²) >= 11 is 0. The zero-order valence-corrected chi connectivity index (χ0v) is 12.4. The molecule has 0 heterocycles. The highest BCUT2D eigenvalue weighted by Gasteiger charge is 2.06. The Kier molecular flexibility index (Phi) is 10.2. The fourth-order valence-electron chi connectivity index (χ4n) is 0.872. The van der Waals surface area contributed by atoms with Crippen LogP contribution in [-0.4, -0.2) is 48.5 Å². The molecule has 0 unspecified atom stereocenters. The van der Waals surface area contributed by atoms with Crippen molar-refractivity contribution in [2.24, 2.45) is 11.5 Å². The maximum absolute atomic E-state index is 11.1. The Hall–Kier alpha value is -0.440. The molecule has 2 atom stereocenters. The number of carbonyl (C=O) groups excluding carboxylic acids is 2. The van der Waals surface area contributed by atoms with Crippen LogP contribution >= 0.6 is 21.6 Å². The van der Waals surface area contributed by atoms with Crippen LogP contribution in [0.2, 0.25) is 0 Å². The molecule has 0 spiro atoms. The molecule has 106 valence electrons. The van der Waals surface area contributed by atoms with Gasteiger partial charge in [0.15, 0.2) is 0 Å². The summed E-state index contributed by atoms with van der Waals surface area (Å²) in [5.41, 5.74) is 10.8. The fraction of sp³-hybridized carbons (Fsp3) is 0.800. The first kappa shape index (κ1) is 17.6. The van der Waals surface area contributed by atoms with Crippen molar-refractivity contribution in [1.29, 1.82) is 0 Å². The molecule has 18 heavy (non-hydrogen) atoms. The smallest absolute Gasteiger partial charge is 0.236 e. The zero-order chi connectivity index (χ0) is 14.0. The highest BCUT2D eigenvalue weighted by Crippen LogP contribution is 2.19. The predicted molar refractivity (Wildman–Crippen MR) is 78.2 cm³/mol. The molecule has 0 aliphatic rings. The molecule has 0 bridgehead atoms. The van der Waals surface area contributed by atoms with Gasteiger partial charge in [-0.05, 0) is 13.8 Å². The highest BCUT2D eigenvalue weighted by molar-refractivity contribution is 8.76. The van der Waals surface area contributed by atoms with Gasteiger partial charge in [0, 0.05) is 24.6 Å². The van der Waals surface area contributed by atoms with Gasteiger partial charge in [-0.15, -0.1) is 0 Å². The summed E-state index contributed by atoms with van der Waals surface area (Å²) in [5, 5.41) is 5.44. The average molecular weight is 294 g/mol. The number of hydrogen-bond donors (Lipinski definition) is 4. The van der Waals surface area contributed by atoms with E-state index in [-0.39, 0.29) is 11.8 Å². The highest BCUT2D eigenvalue weighted by atomic mass is 33.1. The molecule has 0 aromatic heterocycles. The Morgan fingerprint density at radius 2 is 1.28 bits per heavy atom. The van der Waals surface area contributed by atoms with E-state index in [1.165, 1.54) is 0 Å². The fourth-order valence-corrected chi connectivity index (χ4v) is 2.69. The minimum Gasteiger partial charge on any atom is -0.354 e. The maximum Gasteiger partial charge on any atom is 0.236 e. The van der Waals surface area contributed by atoms with Crippen molar-refractivity contribution in [3.05, 3.63) is 0 Å². The SMILES string of the molecule is C[C@H](N)C(=O)NCCSSCCNC(=O)[C@@H](C)N. The number of hydrogen-bond acceptors (Lipinski definition) is 6. The van der Waals surface area contributed by atoms with Gasteiger partial charge in [0.05, 0.1) is 12.1 Å². The molecule has 0 saturated carbocycles. The molecule has 8 heteroatoms. The normalized spacial score (nSPS) is 13.8. The van der Waals surface area contributed by atoms with Crippen molar-refractivity contribution in [2.45, 2.75) is 25.9 Å². The number of rotatable bonds is 9. The molecule has 0 aromatic rings. The Morgan fingerprint density at radius 1 is 0.944 bits per heavy atom. The van der Waals surface area contributed by atoms with E-state index in [4.69, 9.17) is 11.5 Å². The minimum absolute atomic E-state index is 0.134. The predicted octanol–water partition coefficient (Wildman–Crippen LogP) is -0.705. The number of nitrogens with two attached hydrogens (primary N) is 2. The van der Waals surface area contributed by atoms with Crippen LogP contribution in [0.3, 0.4) is 0 Å². The van der Waals surface area contributed by atoms with Crippen LogP contribution in [0.15, 0.2) is 0 Å². The van der Waals surface area contributed by atoms with Crippen molar-refractivity contribution >= 4 is 33.4 Å². The van der Waals surface area contributed by atoms with Gasteiger partial charge in [-0.2, -0.15) is 0 Å². The quantitative estimate of drug-likeness (QED) is 0.330. The van der Waals surface area contributed by atoms with Gasteiger partial charge < -0.3 is 22.1 Å². The Bertz CT molecular complexity index is 236. The van der Waals surface area contributed by atoms with Gasteiger partial charge in [0.25, 0.3) is 0 Å². The lowest BCUT2D eigenvalue weighted by molar-refractivity contribution is -0.122. The lowest BCUT2D eigenvalue weighted by Crippen LogP contribution is -2.39. The number of amides is 2. The van der Waals surface area contributed by atoms with Crippen LogP contribution in [-0.2, 0) is 9.59 Å². The summed E-state index contributed by atoms with van der Waals surface area (Å²) in [6, 6.07) is -0.924. The molecule has 0 aliphatic carbocycles. The zero-order valence-electron chi connectivity index (χ0n) is 10.8. The largest absolute Gasteiger partial charge is 0.354 e. The second kappa shape index (κ2) is 10.5. The molecule has 0 saturated heterocycles. The van der Waals surface area contributed by atoms with E-state index < -0.39 is 12.1 Å². The number of nitrogens with one attached hydrogen (secondary N) is 2. The maximum atomic E-state index is 11.1. The first-order valence-corrected chi connectivity index (χ1v) is 8.25. The van der Waals surface area contributed by atoms with Gasteiger partial charge in [-0.1, -0.05) is 21.6 Å². The lowest BCUT2D eigenvalue weighted by atomic mass is 10.3. The number of carbonyl (C=O) groups is 2. The molecule has 6 N–H and O–H groups in total. The third kappa shape index (κ3) is 9.58. The van der Waals surface area contributed by atoms with Crippen LogP contribution in [0, 0.1) is 0 Å². The first-order chi connectivity index (χ1) is 8.45. The standard InChI is InChI=1S/C10H22N4O2S2/c1-7(11)9(15)13-3-5-17-18-6-4-14-10(16)8(2)12/h7-8H,3-6,11-12H2,1-2H3,(H,13,15)(H,14,16)/t7-,8+. The molecule has 0 fully saturated rings. The van der Waals surface area contributed by atoms with Gasteiger partial charge in [-0.25, -0.2) is 0 Å². The molecule has 0 rings (SSSR count). The summed E-state index contributed by atoms with van der Waals surface area (Å²) in [6.07, 6.45) is 0. The van der Waals surface area contributed by atoms with Crippen LogP contribution < -0.4 is 22.1 Å². The third-order valence-electron chi connectivity index (χ3n) is 1.88. The topological polar surface area (TPSA) is 110 Å². The molecule has 6 nitrogen and oxygen atoms in total. The molecular formula is C10H22N4O2S2. The van der Waals surface area contributed by atoms with Gasteiger partial charge >= 0.3 is 0 Å². The third-order valence-corrected chi connectivity index (χ3v) is 4.29. The van der Waals surface area contributed by atoms with Crippen molar-refractivity contribution in [3.8, 4) is 0 Å². The van der Waals surface area contributed by atoms with Crippen LogP contribution in [0.1, 0.15) is 13.8 Å². The van der Waals surface area contributed by atoms with Crippen LogP contribution in [0.4, 0.5) is 0 Å². The van der Waals surface area contributed by atoms with Gasteiger partial charge in [-0.3, -0.25) is 9.59 Å². The Labute approximate surface area is 116 Å². The van der Waals surface area contributed by atoms with E-state index in [2.05, 4.69) is 10.6 Å². The van der Waals surface area contributed by atoms with Crippen LogP contribution in [0.5, 0.6) is 0 Å².